The van der Waals surface area contributed by atoms with Crippen LogP contribution in [-0.4, -0.2) is 38.2 Å². The summed E-state index contributed by atoms with van der Waals surface area (Å²) in [6, 6.07) is 5.72. The highest BCUT2D eigenvalue weighted by Crippen LogP contribution is 2.38. The summed E-state index contributed by atoms with van der Waals surface area (Å²) in [6.45, 7) is 7.62. The molecule has 0 radical (unpaired) electrons. The van der Waals surface area contributed by atoms with Crippen molar-refractivity contribution in [1.82, 2.24) is 19.9 Å². The fraction of sp³-hybridized carbons (Fsp3) is 0.333. The molecule has 7 heteroatoms. The molecular weight excluding hydrogens is 354 g/mol. The smallest absolute Gasteiger partial charge is 0.166 e. The number of nitrogens with zero attached hydrogens (tertiary/aromatic N) is 5. The van der Waals surface area contributed by atoms with Gasteiger partial charge in [0.05, 0.1) is 23.6 Å². The largest absolute Gasteiger partial charge is 0.504 e. The van der Waals surface area contributed by atoms with E-state index < -0.39 is 0 Å². The van der Waals surface area contributed by atoms with Gasteiger partial charge in [-0.1, -0.05) is 6.92 Å². The number of phenolic OH excluding ortho intramolecular Hbond substituents is 1. The molecule has 1 aliphatic rings. The van der Waals surface area contributed by atoms with Crippen LogP contribution in [0.3, 0.4) is 0 Å². The maximum absolute atomic E-state index is 10.6. The Hall–Kier alpha value is -3.22. The van der Waals surface area contributed by atoms with Gasteiger partial charge in [-0.05, 0) is 32.4 Å². The van der Waals surface area contributed by atoms with Gasteiger partial charge in [0.2, 0.25) is 0 Å². The molecule has 2 aromatic heterocycles. The van der Waals surface area contributed by atoms with Crippen LogP contribution < -0.4 is 9.64 Å². The predicted octanol–water partition coefficient (Wildman–Crippen LogP) is 3.22. The van der Waals surface area contributed by atoms with E-state index >= 15 is 0 Å². The normalized spacial score (nSPS) is 13.6. The zero-order chi connectivity index (χ0) is 19.7. The van der Waals surface area contributed by atoms with E-state index in [1.165, 1.54) is 0 Å². The number of benzene rings is 1. The van der Waals surface area contributed by atoms with Crippen molar-refractivity contribution in [2.24, 2.45) is 0 Å². The summed E-state index contributed by atoms with van der Waals surface area (Å²) < 4.78 is 5.86. The molecule has 3 aromatic rings. The van der Waals surface area contributed by atoms with Crippen LogP contribution in [0.1, 0.15) is 29.6 Å². The maximum Gasteiger partial charge on any atom is 0.166 e. The molecule has 0 saturated carbocycles. The molecule has 0 atom stereocenters. The minimum Gasteiger partial charge on any atom is -0.504 e. The van der Waals surface area contributed by atoms with Gasteiger partial charge in [0, 0.05) is 35.6 Å². The highest BCUT2D eigenvalue weighted by molar-refractivity contribution is 5.68. The van der Waals surface area contributed by atoms with E-state index in [4.69, 9.17) is 4.74 Å². The molecule has 144 valence electrons. The minimum atomic E-state index is 0.119. The summed E-state index contributed by atoms with van der Waals surface area (Å²) in [5, 5.41) is 10.6. The van der Waals surface area contributed by atoms with E-state index in [0.29, 0.717) is 25.4 Å². The molecule has 0 amide bonds. The van der Waals surface area contributed by atoms with Crippen LogP contribution in [-0.2, 0) is 13.0 Å². The van der Waals surface area contributed by atoms with Crippen LogP contribution in [0.15, 0.2) is 30.7 Å². The Morgan fingerprint density at radius 3 is 2.82 bits per heavy atom. The standard InChI is InChI=1S/C21H23N5O2/c1-4-17-9-19(24-12-23-17)26-5-6-28-21-16(11-26)7-15(8-18(21)27)20-14(3)22-10-13(2)25-20/h7-10,12,27H,4-6,11H2,1-3H3. The first-order valence-electron chi connectivity index (χ1n) is 9.40. The number of aryl methyl sites for hydroxylation is 3. The molecule has 0 unspecified atom stereocenters. The quantitative estimate of drug-likeness (QED) is 0.750. The topological polar surface area (TPSA) is 84.3 Å². The van der Waals surface area contributed by atoms with E-state index in [-0.39, 0.29) is 5.75 Å². The number of aromatic hydroxyl groups is 1. The summed E-state index contributed by atoms with van der Waals surface area (Å²) in [6.07, 6.45) is 4.19. The molecule has 28 heavy (non-hydrogen) atoms. The molecular formula is C21H23N5O2. The van der Waals surface area contributed by atoms with Crippen LogP contribution in [0.4, 0.5) is 5.82 Å². The average Bonchev–Trinajstić information content (AvgIpc) is 2.93. The number of phenols is 1. The molecule has 7 nitrogen and oxygen atoms in total. The van der Waals surface area contributed by atoms with Crippen molar-refractivity contribution < 1.29 is 9.84 Å². The first-order chi connectivity index (χ1) is 13.5. The third kappa shape index (κ3) is 3.47. The van der Waals surface area contributed by atoms with Gasteiger partial charge in [0.15, 0.2) is 11.5 Å². The Morgan fingerprint density at radius 2 is 2.00 bits per heavy atom. The van der Waals surface area contributed by atoms with E-state index in [2.05, 4.69) is 31.8 Å². The number of hydrogen-bond acceptors (Lipinski definition) is 7. The summed E-state index contributed by atoms with van der Waals surface area (Å²) in [5.41, 5.74) is 5.14. The number of anilines is 1. The lowest BCUT2D eigenvalue weighted by Gasteiger charge is -2.21. The second-order valence-electron chi connectivity index (χ2n) is 6.92. The van der Waals surface area contributed by atoms with E-state index in [0.717, 1.165) is 46.1 Å². The summed E-state index contributed by atoms with van der Waals surface area (Å²) in [4.78, 5) is 19.9. The zero-order valence-electron chi connectivity index (χ0n) is 16.3. The van der Waals surface area contributed by atoms with Crippen molar-refractivity contribution in [3.05, 3.63) is 53.4 Å². The fourth-order valence-electron chi connectivity index (χ4n) is 3.39. The maximum atomic E-state index is 10.6. The molecule has 1 aliphatic heterocycles. The van der Waals surface area contributed by atoms with E-state index in [1.807, 2.05) is 26.0 Å². The molecule has 0 bridgehead atoms. The Balaban J connectivity index is 1.75. The first-order valence-corrected chi connectivity index (χ1v) is 9.40. The number of ether oxygens (including phenoxy) is 1. The van der Waals surface area contributed by atoms with Gasteiger partial charge in [-0.25, -0.2) is 15.0 Å². The third-order valence-corrected chi connectivity index (χ3v) is 4.86. The van der Waals surface area contributed by atoms with Crippen LogP contribution in [0.5, 0.6) is 11.5 Å². The summed E-state index contributed by atoms with van der Waals surface area (Å²) in [5.74, 6) is 1.50. The molecule has 4 rings (SSSR count). The Bertz CT molecular complexity index is 1020. The average molecular weight is 377 g/mol. The first kappa shape index (κ1) is 18.2. The van der Waals surface area contributed by atoms with E-state index in [9.17, 15) is 5.11 Å². The van der Waals surface area contributed by atoms with Crippen LogP contribution in [0.2, 0.25) is 0 Å². The van der Waals surface area contributed by atoms with Gasteiger partial charge in [-0.2, -0.15) is 0 Å². The third-order valence-electron chi connectivity index (χ3n) is 4.86. The van der Waals surface area contributed by atoms with Gasteiger partial charge in [0.1, 0.15) is 18.8 Å². The number of aromatic nitrogens is 4. The summed E-state index contributed by atoms with van der Waals surface area (Å²) in [7, 11) is 0. The molecule has 3 heterocycles. The highest BCUT2D eigenvalue weighted by Gasteiger charge is 2.22. The lowest BCUT2D eigenvalue weighted by molar-refractivity contribution is 0.311. The zero-order valence-corrected chi connectivity index (χ0v) is 16.3. The Labute approximate surface area is 164 Å². The second kappa shape index (κ2) is 7.42. The van der Waals surface area contributed by atoms with Crippen LogP contribution in [0, 0.1) is 13.8 Å². The van der Waals surface area contributed by atoms with Gasteiger partial charge in [-0.3, -0.25) is 4.98 Å². The van der Waals surface area contributed by atoms with E-state index in [1.54, 1.807) is 18.6 Å². The molecule has 1 aromatic carbocycles. The monoisotopic (exact) mass is 377 g/mol. The number of hydrogen-bond donors (Lipinski definition) is 1. The Morgan fingerprint density at radius 1 is 1.14 bits per heavy atom. The second-order valence-corrected chi connectivity index (χ2v) is 6.92. The van der Waals surface area contributed by atoms with Crippen molar-refractivity contribution in [1.29, 1.82) is 0 Å². The van der Waals surface area contributed by atoms with Crippen LogP contribution >= 0.6 is 0 Å². The van der Waals surface area contributed by atoms with Gasteiger partial charge < -0.3 is 14.7 Å². The van der Waals surface area contributed by atoms with Crippen molar-refractivity contribution in [2.75, 3.05) is 18.1 Å². The fourth-order valence-corrected chi connectivity index (χ4v) is 3.39. The molecule has 0 aliphatic carbocycles. The lowest BCUT2D eigenvalue weighted by atomic mass is 10.0. The van der Waals surface area contributed by atoms with Crippen molar-refractivity contribution in [3.8, 4) is 22.8 Å². The molecule has 0 fully saturated rings. The van der Waals surface area contributed by atoms with Crippen molar-refractivity contribution >= 4 is 5.82 Å². The highest BCUT2D eigenvalue weighted by atomic mass is 16.5. The van der Waals surface area contributed by atoms with Crippen molar-refractivity contribution in [3.63, 3.8) is 0 Å². The summed E-state index contributed by atoms with van der Waals surface area (Å²) >= 11 is 0. The van der Waals surface area contributed by atoms with Crippen LogP contribution in [0.25, 0.3) is 11.3 Å². The van der Waals surface area contributed by atoms with Gasteiger partial charge in [-0.15, -0.1) is 0 Å². The molecule has 1 N–H and O–H groups in total. The van der Waals surface area contributed by atoms with Crippen molar-refractivity contribution in [2.45, 2.75) is 33.7 Å². The SMILES string of the molecule is CCc1cc(N2CCOc3c(O)cc(-c4nc(C)cnc4C)cc3C2)ncn1. The molecule has 0 saturated heterocycles. The Kier molecular flexibility index (Phi) is 4.81. The number of fused-ring (bicyclic) bond motifs is 1. The lowest BCUT2D eigenvalue weighted by Crippen LogP contribution is -2.26. The predicted molar refractivity (Wildman–Crippen MR) is 107 cm³/mol. The van der Waals surface area contributed by atoms with Gasteiger partial charge >= 0.3 is 0 Å². The van der Waals surface area contributed by atoms with Gasteiger partial charge in [0.25, 0.3) is 0 Å². The molecule has 0 spiro atoms. The minimum absolute atomic E-state index is 0.119. The number of rotatable bonds is 3.